The number of piperidine rings is 1. The van der Waals surface area contributed by atoms with Crippen LogP contribution >= 0.6 is 0 Å². The average Bonchev–Trinajstić information content (AvgIpc) is 3.35. The number of aromatic hydroxyl groups is 1. The summed E-state index contributed by atoms with van der Waals surface area (Å²) in [5.41, 5.74) is 8.50. The lowest BCUT2D eigenvalue weighted by atomic mass is 10.1. The van der Waals surface area contributed by atoms with Crippen LogP contribution in [0.25, 0.3) is 34.0 Å². The molecule has 2 aromatic heterocycles. The van der Waals surface area contributed by atoms with E-state index in [-0.39, 0.29) is 16.5 Å². The number of rotatable bonds is 5. The molecular weight excluding hydrogens is 454 g/mol. The fourth-order valence-corrected chi connectivity index (χ4v) is 5.73. The lowest BCUT2D eigenvalue weighted by molar-refractivity contribution is 0.432. The second-order valence-corrected chi connectivity index (χ2v) is 10.3. The first-order valence-corrected chi connectivity index (χ1v) is 12.4. The zero-order valence-corrected chi connectivity index (χ0v) is 19.0. The summed E-state index contributed by atoms with van der Waals surface area (Å²) >= 11 is 0. The average molecular weight is 478 g/mol. The van der Waals surface area contributed by atoms with E-state index in [4.69, 9.17) is 10.3 Å². The van der Waals surface area contributed by atoms with Crippen LogP contribution < -0.4 is 11.1 Å². The number of hydrogen-bond donors (Lipinski definition) is 3. The van der Waals surface area contributed by atoms with Crippen molar-refractivity contribution in [1.82, 2.24) is 20.4 Å². The molecule has 0 bridgehead atoms. The van der Waals surface area contributed by atoms with Crippen molar-refractivity contribution in [2.24, 2.45) is 0 Å². The minimum Gasteiger partial charge on any atom is -0.507 e. The summed E-state index contributed by atoms with van der Waals surface area (Å²) in [7, 11) is -3.41. The molecule has 34 heavy (non-hydrogen) atoms. The second-order valence-electron chi connectivity index (χ2n) is 8.12. The smallest absolute Gasteiger partial charge is 0.189 e. The van der Waals surface area contributed by atoms with Gasteiger partial charge >= 0.3 is 0 Å². The van der Waals surface area contributed by atoms with Gasteiger partial charge < -0.3 is 20.7 Å². The first-order valence-electron chi connectivity index (χ1n) is 10.9. The van der Waals surface area contributed by atoms with Crippen molar-refractivity contribution in [2.45, 2.75) is 23.0 Å². The molecule has 1 saturated heterocycles. The van der Waals surface area contributed by atoms with Gasteiger partial charge in [-0.2, -0.15) is 0 Å². The monoisotopic (exact) mass is 477 g/mol. The van der Waals surface area contributed by atoms with Gasteiger partial charge in [-0.25, -0.2) is 18.4 Å². The zero-order chi connectivity index (χ0) is 23.7. The van der Waals surface area contributed by atoms with Crippen LogP contribution in [0.15, 0.2) is 70.2 Å². The number of benzene rings is 2. The van der Waals surface area contributed by atoms with Crippen LogP contribution in [0.5, 0.6) is 5.75 Å². The zero-order valence-electron chi connectivity index (χ0n) is 18.2. The third-order valence-electron chi connectivity index (χ3n) is 5.89. The number of nitrogens with one attached hydrogen (secondary N) is 1. The molecule has 174 valence electrons. The van der Waals surface area contributed by atoms with Crippen LogP contribution in [0.4, 0.5) is 5.82 Å². The Bertz CT molecular complexity index is 1430. The molecular formula is C24H23N5O4S. The highest BCUT2D eigenvalue weighted by atomic mass is 32.2. The number of aromatic nitrogens is 3. The van der Waals surface area contributed by atoms with E-state index in [2.05, 4.69) is 20.4 Å². The maximum absolute atomic E-state index is 12.9. The van der Waals surface area contributed by atoms with Crippen molar-refractivity contribution in [3.8, 4) is 39.7 Å². The minimum absolute atomic E-state index is 0.0780. The SMILES string of the molecule is Nc1ncc(-c2ccc(S(=O)(=O)C3CCCNC3)cc2)nc1-c1cc(-c2ccccc2O)no1. The van der Waals surface area contributed by atoms with E-state index in [9.17, 15) is 13.5 Å². The summed E-state index contributed by atoms with van der Waals surface area (Å²) in [5.74, 6) is 0.538. The van der Waals surface area contributed by atoms with Crippen LogP contribution in [-0.4, -0.2) is 47.0 Å². The Morgan fingerprint density at radius 2 is 1.88 bits per heavy atom. The fourth-order valence-electron chi connectivity index (χ4n) is 4.02. The Hall–Kier alpha value is -3.76. The van der Waals surface area contributed by atoms with Crippen LogP contribution in [0.2, 0.25) is 0 Å². The molecule has 5 rings (SSSR count). The summed E-state index contributed by atoms with van der Waals surface area (Å²) in [4.78, 5) is 9.10. The summed E-state index contributed by atoms with van der Waals surface area (Å²) in [5, 5.41) is 16.8. The minimum atomic E-state index is -3.41. The van der Waals surface area contributed by atoms with Crippen molar-refractivity contribution < 1.29 is 18.0 Å². The quantitative estimate of drug-likeness (QED) is 0.394. The molecule has 0 amide bonds. The largest absolute Gasteiger partial charge is 0.507 e. The van der Waals surface area contributed by atoms with Gasteiger partial charge in [0.1, 0.15) is 11.4 Å². The fraction of sp³-hybridized carbons (Fsp3) is 0.208. The lowest BCUT2D eigenvalue weighted by Gasteiger charge is -2.22. The predicted molar refractivity (Wildman–Crippen MR) is 128 cm³/mol. The maximum atomic E-state index is 12.9. The molecule has 9 nitrogen and oxygen atoms in total. The predicted octanol–water partition coefficient (Wildman–Crippen LogP) is 3.28. The van der Waals surface area contributed by atoms with E-state index in [0.717, 1.165) is 13.0 Å². The van der Waals surface area contributed by atoms with E-state index >= 15 is 0 Å². The molecule has 4 aromatic rings. The highest BCUT2D eigenvalue weighted by Gasteiger charge is 2.28. The molecule has 1 aliphatic heterocycles. The number of phenols is 1. The molecule has 1 unspecified atom stereocenters. The molecule has 4 N–H and O–H groups in total. The Morgan fingerprint density at radius 1 is 1.09 bits per heavy atom. The number of hydrogen-bond acceptors (Lipinski definition) is 9. The second kappa shape index (κ2) is 8.88. The highest BCUT2D eigenvalue weighted by Crippen LogP contribution is 2.33. The first kappa shape index (κ1) is 22.1. The number of para-hydroxylation sites is 1. The third kappa shape index (κ3) is 4.13. The number of nitrogens with two attached hydrogens (primary N) is 1. The Morgan fingerprint density at radius 3 is 2.62 bits per heavy atom. The summed E-state index contributed by atoms with van der Waals surface area (Å²) in [6.07, 6.45) is 3.02. The van der Waals surface area contributed by atoms with Crippen molar-refractivity contribution in [2.75, 3.05) is 18.8 Å². The van der Waals surface area contributed by atoms with E-state index in [1.807, 2.05) is 0 Å². The van der Waals surface area contributed by atoms with Crippen LogP contribution in [0.1, 0.15) is 12.8 Å². The molecule has 3 heterocycles. The Balaban J connectivity index is 1.44. The summed E-state index contributed by atoms with van der Waals surface area (Å²) in [6.45, 7) is 1.32. The molecule has 0 spiro atoms. The van der Waals surface area contributed by atoms with Crippen LogP contribution in [0.3, 0.4) is 0 Å². The van der Waals surface area contributed by atoms with Gasteiger partial charge in [0.25, 0.3) is 0 Å². The maximum Gasteiger partial charge on any atom is 0.189 e. The third-order valence-corrected chi connectivity index (χ3v) is 8.10. The highest BCUT2D eigenvalue weighted by molar-refractivity contribution is 7.92. The molecule has 1 fully saturated rings. The number of nitrogens with zero attached hydrogens (tertiary/aromatic N) is 3. The molecule has 2 aromatic carbocycles. The van der Waals surface area contributed by atoms with Crippen molar-refractivity contribution in [3.05, 3.63) is 60.8 Å². The molecule has 0 saturated carbocycles. The van der Waals surface area contributed by atoms with Gasteiger partial charge in [0.2, 0.25) is 0 Å². The van der Waals surface area contributed by atoms with Gasteiger partial charge in [0.15, 0.2) is 27.1 Å². The lowest BCUT2D eigenvalue weighted by Crippen LogP contribution is -2.38. The number of sulfone groups is 1. The van der Waals surface area contributed by atoms with Crippen LogP contribution in [-0.2, 0) is 9.84 Å². The van der Waals surface area contributed by atoms with Gasteiger partial charge in [0, 0.05) is 23.7 Å². The van der Waals surface area contributed by atoms with E-state index < -0.39 is 15.1 Å². The van der Waals surface area contributed by atoms with E-state index in [1.54, 1.807) is 54.6 Å². The number of phenolic OH excluding ortho intramolecular Hbond substituents is 1. The van der Waals surface area contributed by atoms with Gasteiger partial charge in [-0.15, -0.1) is 0 Å². The Labute approximate surface area is 196 Å². The normalized spacial score (nSPS) is 16.4. The van der Waals surface area contributed by atoms with E-state index in [0.29, 0.717) is 46.9 Å². The number of nitrogen functional groups attached to an aromatic ring is 1. The van der Waals surface area contributed by atoms with Gasteiger partial charge in [0.05, 0.1) is 22.0 Å². The summed E-state index contributed by atoms with van der Waals surface area (Å²) < 4.78 is 31.3. The van der Waals surface area contributed by atoms with Gasteiger partial charge in [-0.05, 0) is 43.7 Å². The molecule has 1 atom stereocenters. The molecule has 0 radical (unpaired) electrons. The van der Waals surface area contributed by atoms with Crippen molar-refractivity contribution >= 4 is 15.7 Å². The molecule has 0 aliphatic carbocycles. The first-order chi connectivity index (χ1) is 16.4. The molecule has 10 heteroatoms. The van der Waals surface area contributed by atoms with Crippen molar-refractivity contribution in [1.29, 1.82) is 0 Å². The standard InChI is InChI=1S/C24H23N5O4S/c25-24-23(22-12-19(29-33-22)18-5-1-2-6-21(18)30)28-20(14-27-24)15-7-9-16(10-8-15)34(31,32)17-4-3-11-26-13-17/h1-2,5-10,12,14,17,26,30H,3-4,11,13H2,(H2,25,27). The van der Waals surface area contributed by atoms with Gasteiger partial charge in [-0.1, -0.05) is 29.4 Å². The topological polar surface area (TPSA) is 144 Å². The van der Waals surface area contributed by atoms with E-state index in [1.165, 1.54) is 6.20 Å². The summed E-state index contributed by atoms with van der Waals surface area (Å²) in [6, 6.07) is 15.0. The number of anilines is 1. The van der Waals surface area contributed by atoms with Crippen molar-refractivity contribution in [3.63, 3.8) is 0 Å². The van der Waals surface area contributed by atoms with Gasteiger partial charge in [-0.3, -0.25) is 0 Å². The molecule has 1 aliphatic rings. The van der Waals surface area contributed by atoms with Crippen LogP contribution in [0, 0.1) is 0 Å². The Kier molecular flexibility index (Phi) is 5.76.